The summed E-state index contributed by atoms with van der Waals surface area (Å²) < 4.78 is 12.0. The molecule has 0 aliphatic carbocycles. The smallest absolute Gasteiger partial charge is 0.260 e. The quantitative estimate of drug-likeness (QED) is 0.439. The van der Waals surface area contributed by atoms with Crippen molar-refractivity contribution in [2.75, 3.05) is 25.2 Å². The molecule has 7 heteroatoms. The van der Waals surface area contributed by atoms with Gasteiger partial charge < -0.3 is 9.47 Å². The molecule has 1 aromatic heterocycles. The third-order valence-electron chi connectivity index (χ3n) is 5.03. The third-order valence-corrected chi connectivity index (χ3v) is 6.42. The Hall–Kier alpha value is -2.06. The van der Waals surface area contributed by atoms with Crippen LogP contribution >= 0.6 is 27.3 Å². The molecule has 30 heavy (non-hydrogen) atoms. The predicted molar refractivity (Wildman–Crippen MR) is 123 cm³/mol. The maximum atomic E-state index is 13.4. The van der Waals surface area contributed by atoms with Gasteiger partial charge in [-0.2, -0.15) is 0 Å². The number of carbonyl (C=O) groups is 1. The van der Waals surface area contributed by atoms with E-state index in [-0.39, 0.29) is 12.0 Å². The first-order valence-electron chi connectivity index (χ1n) is 9.87. The maximum absolute atomic E-state index is 13.4. The second kappa shape index (κ2) is 9.83. The van der Waals surface area contributed by atoms with Gasteiger partial charge in [-0.3, -0.25) is 9.69 Å². The van der Waals surface area contributed by atoms with Crippen LogP contribution < -0.4 is 4.90 Å². The molecule has 2 heterocycles. The molecule has 1 unspecified atom stereocenters. The number of hydrogen-bond donors (Lipinski definition) is 0. The molecule has 1 aliphatic heterocycles. The summed E-state index contributed by atoms with van der Waals surface area (Å²) in [6.45, 7) is 1.78. The summed E-state index contributed by atoms with van der Waals surface area (Å²) in [6.07, 6.45) is 2.03. The molecule has 0 N–H and O–H groups in total. The van der Waals surface area contributed by atoms with Crippen LogP contribution in [0.1, 0.15) is 28.8 Å². The van der Waals surface area contributed by atoms with Crippen LogP contribution in [0.25, 0.3) is 11.3 Å². The van der Waals surface area contributed by atoms with E-state index in [0.29, 0.717) is 23.8 Å². The van der Waals surface area contributed by atoms with E-state index in [4.69, 9.17) is 14.5 Å². The lowest BCUT2D eigenvalue weighted by Crippen LogP contribution is -2.37. The van der Waals surface area contributed by atoms with Crippen molar-refractivity contribution < 1.29 is 14.3 Å². The molecule has 0 spiro atoms. The highest BCUT2D eigenvalue weighted by Crippen LogP contribution is 2.30. The van der Waals surface area contributed by atoms with Crippen LogP contribution in [0.3, 0.4) is 0 Å². The minimum absolute atomic E-state index is 0.0433. The zero-order valence-corrected chi connectivity index (χ0v) is 19.1. The summed E-state index contributed by atoms with van der Waals surface area (Å²) >= 11 is 4.94. The fourth-order valence-electron chi connectivity index (χ4n) is 3.45. The third kappa shape index (κ3) is 4.98. The van der Waals surface area contributed by atoms with Crippen LogP contribution in [0.5, 0.6) is 0 Å². The highest BCUT2D eigenvalue weighted by molar-refractivity contribution is 9.10. The summed E-state index contributed by atoms with van der Waals surface area (Å²) in [5.41, 5.74) is 3.55. The van der Waals surface area contributed by atoms with Gasteiger partial charge in [-0.15, -0.1) is 11.3 Å². The highest BCUT2D eigenvalue weighted by atomic mass is 79.9. The summed E-state index contributed by atoms with van der Waals surface area (Å²) in [6, 6.07) is 15.6. The van der Waals surface area contributed by atoms with E-state index in [9.17, 15) is 4.79 Å². The monoisotopic (exact) mass is 486 g/mol. The molecule has 0 bridgehead atoms. The number of anilines is 1. The van der Waals surface area contributed by atoms with Crippen molar-refractivity contribution in [2.24, 2.45) is 0 Å². The van der Waals surface area contributed by atoms with Gasteiger partial charge in [0.1, 0.15) is 0 Å². The molecule has 0 radical (unpaired) electrons. The molecule has 1 fully saturated rings. The van der Waals surface area contributed by atoms with Crippen LogP contribution in [0.4, 0.5) is 5.13 Å². The largest absolute Gasteiger partial charge is 0.380 e. The Morgan fingerprint density at radius 1 is 1.23 bits per heavy atom. The lowest BCUT2D eigenvalue weighted by Gasteiger charge is -2.23. The lowest BCUT2D eigenvalue weighted by atomic mass is 10.1. The number of methoxy groups -OCH3 is 1. The molecule has 156 valence electrons. The van der Waals surface area contributed by atoms with E-state index in [0.717, 1.165) is 40.7 Å². The number of nitrogens with zero attached hydrogens (tertiary/aromatic N) is 2. The second-order valence-corrected chi connectivity index (χ2v) is 8.96. The van der Waals surface area contributed by atoms with Crippen molar-refractivity contribution >= 4 is 38.3 Å². The number of halogens is 1. The normalized spacial score (nSPS) is 16.0. The molecular weight excluding hydrogens is 464 g/mol. The topological polar surface area (TPSA) is 51.7 Å². The lowest BCUT2D eigenvalue weighted by molar-refractivity contribution is 0.0917. The Kier molecular flexibility index (Phi) is 6.94. The number of rotatable bonds is 7. The highest BCUT2D eigenvalue weighted by Gasteiger charge is 2.27. The summed E-state index contributed by atoms with van der Waals surface area (Å²) in [4.78, 5) is 19.9. The Morgan fingerprint density at radius 2 is 2.00 bits per heavy atom. The first-order chi connectivity index (χ1) is 14.6. The standard InChI is InChI=1S/C23H23BrN2O3S/c1-28-14-16-4-6-18(7-5-16)22(27)26(13-20-3-2-12-29-20)23-25-21(15-30-23)17-8-10-19(24)11-9-17/h4-11,15,20H,2-3,12-14H2,1H3. The average molecular weight is 487 g/mol. The van der Waals surface area contributed by atoms with E-state index in [1.807, 2.05) is 53.9 Å². The molecule has 1 amide bonds. The minimum Gasteiger partial charge on any atom is -0.380 e. The number of hydrogen-bond acceptors (Lipinski definition) is 5. The number of ether oxygens (including phenoxy) is 2. The number of thiazole rings is 1. The van der Waals surface area contributed by atoms with Gasteiger partial charge in [-0.05, 0) is 42.7 Å². The van der Waals surface area contributed by atoms with E-state index in [2.05, 4.69) is 15.9 Å². The Balaban J connectivity index is 1.60. The molecule has 4 rings (SSSR count). The molecule has 2 aromatic carbocycles. The van der Waals surface area contributed by atoms with Crippen molar-refractivity contribution in [1.82, 2.24) is 4.98 Å². The van der Waals surface area contributed by atoms with Crippen molar-refractivity contribution in [3.8, 4) is 11.3 Å². The average Bonchev–Trinajstić information content (AvgIpc) is 3.45. The predicted octanol–water partition coefficient (Wildman–Crippen LogP) is 5.54. The van der Waals surface area contributed by atoms with Crippen LogP contribution in [0.2, 0.25) is 0 Å². The Labute approximate surface area is 188 Å². The van der Waals surface area contributed by atoms with Crippen LogP contribution in [-0.4, -0.2) is 37.3 Å². The van der Waals surface area contributed by atoms with Crippen molar-refractivity contribution in [2.45, 2.75) is 25.6 Å². The van der Waals surface area contributed by atoms with Crippen molar-refractivity contribution in [3.05, 3.63) is 69.5 Å². The van der Waals surface area contributed by atoms with Gasteiger partial charge >= 0.3 is 0 Å². The molecule has 3 aromatic rings. The van der Waals surface area contributed by atoms with E-state index in [1.54, 1.807) is 12.0 Å². The molecule has 0 saturated carbocycles. The van der Waals surface area contributed by atoms with Gasteiger partial charge in [0.05, 0.1) is 24.9 Å². The van der Waals surface area contributed by atoms with Gasteiger partial charge in [0.25, 0.3) is 5.91 Å². The molecule has 5 nitrogen and oxygen atoms in total. The Morgan fingerprint density at radius 3 is 2.67 bits per heavy atom. The molecule has 1 atom stereocenters. The maximum Gasteiger partial charge on any atom is 0.260 e. The van der Waals surface area contributed by atoms with Gasteiger partial charge in [-0.1, -0.05) is 40.2 Å². The first kappa shape index (κ1) is 21.2. The summed E-state index contributed by atoms with van der Waals surface area (Å²) in [7, 11) is 1.66. The Bertz CT molecular complexity index is 982. The number of benzene rings is 2. The van der Waals surface area contributed by atoms with E-state index in [1.165, 1.54) is 11.3 Å². The van der Waals surface area contributed by atoms with Crippen molar-refractivity contribution in [3.63, 3.8) is 0 Å². The molecule has 1 saturated heterocycles. The SMILES string of the molecule is COCc1ccc(C(=O)N(CC2CCCO2)c2nc(-c3ccc(Br)cc3)cs2)cc1. The first-order valence-corrected chi connectivity index (χ1v) is 11.5. The van der Waals surface area contributed by atoms with Crippen LogP contribution in [0, 0.1) is 0 Å². The zero-order chi connectivity index (χ0) is 20.9. The van der Waals surface area contributed by atoms with Crippen LogP contribution in [0.15, 0.2) is 58.4 Å². The molecular formula is C23H23BrN2O3S. The van der Waals surface area contributed by atoms with E-state index >= 15 is 0 Å². The second-order valence-electron chi connectivity index (χ2n) is 7.20. The van der Waals surface area contributed by atoms with Crippen molar-refractivity contribution in [1.29, 1.82) is 0 Å². The molecule has 1 aliphatic rings. The number of aromatic nitrogens is 1. The number of carbonyl (C=O) groups excluding carboxylic acids is 1. The fraction of sp³-hybridized carbons (Fsp3) is 0.304. The summed E-state index contributed by atoms with van der Waals surface area (Å²) in [5, 5.41) is 2.69. The van der Waals surface area contributed by atoms with E-state index < -0.39 is 0 Å². The van der Waals surface area contributed by atoms with Gasteiger partial charge in [0.2, 0.25) is 0 Å². The van der Waals surface area contributed by atoms with Gasteiger partial charge in [0, 0.05) is 34.7 Å². The minimum atomic E-state index is -0.0637. The fourth-order valence-corrected chi connectivity index (χ4v) is 4.55. The zero-order valence-electron chi connectivity index (χ0n) is 16.7. The van der Waals surface area contributed by atoms with Gasteiger partial charge in [0.15, 0.2) is 5.13 Å². The van der Waals surface area contributed by atoms with Crippen LogP contribution in [-0.2, 0) is 16.1 Å². The van der Waals surface area contributed by atoms with Gasteiger partial charge in [-0.25, -0.2) is 4.98 Å². The number of amides is 1. The summed E-state index contributed by atoms with van der Waals surface area (Å²) in [5.74, 6) is -0.0637.